The number of hydrogen-bond donors (Lipinski definition) is 0. The van der Waals surface area contributed by atoms with Crippen molar-refractivity contribution in [1.82, 2.24) is 0 Å². The van der Waals surface area contributed by atoms with Crippen LogP contribution in [0.2, 0.25) is 0 Å². The standard InChI is InChI=1S/C29H28O8/c1-15-10-18-11-21-26(34-13-33-21)27(32-4)22(18)19-12-20(31-3)25-28(36-14-35-25)23(19)24(16(15)2)37-29(30)17-8-6-5-7-9-17/h5-9,11-12,15-16,24H,10,13-14H2,1-4H3/t15-,16-,24+/m0/s1. The van der Waals surface area contributed by atoms with E-state index in [4.69, 9.17) is 33.2 Å². The summed E-state index contributed by atoms with van der Waals surface area (Å²) >= 11 is 0. The van der Waals surface area contributed by atoms with Crippen LogP contribution < -0.4 is 28.4 Å². The van der Waals surface area contributed by atoms with E-state index in [0.717, 1.165) is 22.3 Å². The van der Waals surface area contributed by atoms with Crippen LogP contribution in [0.15, 0.2) is 42.5 Å². The molecule has 0 bridgehead atoms. The second kappa shape index (κ2) is 9.10. The van der Waals surface area contributed by atoms with Gasteiger partial charge >= 0.3 is 5.97 Å². The highest BCUT2D eigenvalue weighted by Crippen LogP contribution is 2.58. The highest BCUT2D eigenvalue weighted by molar-refractivity contribution is 5.90. The zero-order valence-electron chi connectivity index (χ0n) is 21.2. The predicted octanol–water partition coefficient (Wildman–Crippen LogP) is 5.55. The van der Waals surface area contributed by atoms with Crippen LogP contribution in [-0.2, 0) is 11.2 Å². The molecule has 37 heavy (non-hydrogen) atoms. The first kappa shape index (κ1) is 23.3. The lowest BCUT2D eigenvalue weighted by atomic mass is 9.75. The summed E-state index contributed by atoms with van der Waals surface area (Å²) in [7, 11) is 3.20. The molecule has 0 saturated heterocycles. The minimum atomic E-state index is -0.623. The summed E-state index contributed by atoms with van der Waals surface area (Å²) in [5.41, 5.74) is 3.84. The molecule has 0 N–H and O–H groups in total. The first-order chi connectivity index (χ1) is 18.0. The van der Waals surface area contributed by atoms with E-state index in [1.54, 1.807) is 26.4 Å². The van der Waals surface area contributed by atoms with E-state index >= 15 is 0 Å². The fourth-order valence-corrected chi connectivity index (χ4v) is 5.43. The molecule has 0 fully saturated rings. The van der Waals surface area contributed by atoms with Gasteiger partial charge in [0, 0.05) is 22.6 Å². The molecule has 3 aromatic rings. The molecular formula is C29H28O8. The monoisotopic (exact) mass is 504 g/mol. The normalized spacial score (nSPS) is 20.8. The lowest BCUT2D eigenvalue weighted by Crippen LogP contribution is -2.27. The summed E-state index contributed by atoms with van der Waals surface area (Å²) in [5, 5.41) is 0. The molecule has 3 aromatic carbocycles. The topological polar surface area (TPSA) is 81.7 Å². The minimum absolute atomic E-state index is 0.0383. The number of fused-ring (bicyclic) bond motifs is 6. The highest BCUT2D eigenvalue weighted by Gasteiger charge is 2.41. The van der Waals surface area contributed by atoms with E-state index in [2.05, 4.69) is 13.8 Å². The van der Waals surface area contributed by atoms with Crippen molar-refractivity contribution in [2.75, 3.05) is 27.8 Å². The summed E-state index contributed by atoms with van der Waals surface area (Å²) in [6, 6.07) is 12.9. The molecule has 1 aliphatic carbocycles. The van der Waals surface area contributed by atoms with Crippen LogP contribution in [-0.4, -0.2) is 33.8 Å². The van der Waals surface area contributed by atoms with E-state index < -0.39 is 12.1 Å². The Bertz CT molecular complexity index is 1370. The number of esters is 1. The first-order valence-corrected chi connectivity index (χ1v) is 12.3. The zero-order chi connectivity index (χ0) is 25.7. The molecule has 6 rings (SSSR count). The van der Waals surface area contributed by atoms with Crippen molar-refractivity contribution in [3.63, 3.8) is 0 Å². The maximum atomic E-state index is 13.3. The molecule has 3 aliphatic rings. The van der Waals surface area contributed by atoms with Gasteiger partial charge in [-0.1, -0.05) is 32.0 Å². The number of benzene rings is 3. The molecule has 8 heteroatoms. The molecule has 0 radical (unpaired) electrons. The van der Waals surface area contributed by atoms with Gasteiger partial charge in [0.25, 0.3) is 0 Å². The van der Waals surface area contributed by atoms with Gasteiger partial charge in [0.15, 0.2) is 23.0 Å². The number of carbonyl (C=O) groups is 1. The fraction of sp³-hybridized carbons (Fsp3) is 0.345. The molecule has 3 atom stereocenters. The van der Waals surface area contributed by atoms with Crippen LogP contribution in [0.1, 0.15) is 41.4 Å². The van der Waals surface area contributed by atoms with E-state index in [0.29, 0.717) is 46.5 Å². The first-order valence-electron chi connectivity index (χ1n) is 12.3. The third-order valence-corrected chi connectivity index (χ3v) is 7.49. The second-order valence-corrected chi connectivity index (χ2v) is 9.52. The Morgan fingerprint density at radius 1 is 0.892 bits per heavy atom. The lowest BCUT2D eigenvalue weighted by molar-refractivity contribution is 0.00633. The molecule has 0 amide bonds. The summed E-state index contributed by atoms with van der Waals surface area (Å²) < 4.78 is 41.3. The third-order valence-electron chi connectivity index (χ3n) is 7.49. The van der Waals surface area contributed by atoms with Crippen molar-refractivity contribution < 1.29 is 38.0 Å². The average Bonchev–Trinajstić information content (AvgIpc) is 3.59. The molecule has 8 nitrogen and oxygen atoms in total. The molecule has 0 unspecified atom stereocenters. The number of hydrogen-bond acceptors (Lipinski definition) is 8. The predicted molar refractivity (Wildman–Crippen MR) is 134 cm³/mol. The van der Waals surface area contributed by atoms with Crippen molar-refractivity contribution in [1.29, 1.82) is 0 Å². The van der Waals surface area contributed by atoms with Crippen molar-refractivity contribution in [2.45, 2.75) is 26.4 Å². The van der Waals surface area contributed by atoms with Gasteiger partial charge < -0.3 is 33.2 Å². The van der Waals surface area contributed by atoms with Crippen LogP contribution in [0.4, 0.5) is 0 Å². The van der Waals surface area contributed by atoms with Gasteiger partial charge in [-0.3, -0.25) is 0 Å². The summed E-state index contributed by atoms with van der Waals surface area (Å²) in [6.45, 7) is 4.41. The number of carbonyl (C=O) groups excluding carboxylic acids is 1. The van der Waals surface area contributed by atoms with Crippen molar-refractivity contribution >= 4 is 5.97 Å². The minimum Gasteiger partial charge on any atom is -0.493 e. The zero-order valence-corrected chi connectivity index (χ0v) is 21.2. The maximum absolute atomic E-state index is 13.3. The maximum Gasteiger partial charge on any atom is 0.338 e. The smallest absolute Gasteiger partial charge is 0.338 e. The van der Waals surface area contributed by atoms with Crippen LogP contribution >= 0.6 is 0 Å². The Labute approximate surface area is 214 Å². The highest BCUT2D eigenvalue weighted by atomic mass is 16.7. The Morgan fingerprint density at radius 2 is 1.62 bits per heavy atom. The third kappa shape index (κ3) is 3.70. The Hall–Kier alpha value is -4.07. The summed E-state index contributed by atoms with van der Waals surface area (Å²) in [5.74, 6) is 2.94. The van der Waals surface area contributed by atoms with Gasteiger partial charge in [0.2, 0.25) is 25.1 Å². The van der Waals surface area contributed by atoms with Crippen molar-refractivity contribution in [3.8, 4) is 45.6 Å². The molecule has 0 aromatic heterocycles. The van der Waals surface area contributed by atoms with Gasteiger partial charge in [-0.25, -0.2) is 4.79 Å². The largest absolute Gasteiger partial charge is 0.493 e. The van der Waals surface area contributed by atoms with Crippen LogP contribution in [0, 0.1) is 11.8 Å². The van der Waals surface area contributed by atoms with Gasteiger partial charge in [-0.05, 0) is 42.2 Å². The van der Waals surface area contributed by atoms with Gasteiger partial charge in [0.05, 0.1) is 19.8 Å². The number of rotatable bonds is 4. The van der Waals surface area contributed by atoms with Crippen LogP contribution in [0.5, 0.6) is 34.5 Å². The van der Waals surface area contributed by atoms with Gasteiger partial charge in [0.1, 0.15) is 6.10 Å². The molecule has 0 saturated carbocycles. The molecular weight excluding hydrogens is 476 g/mol. The van der Waals surface area contributed by atoms with Gasteiger partial charge in [-0.2, -0.15) is 0 Å². The van der Waals surface area contributed by atoms with E-state index in [9.17, 15) is 4.79 Å². The number of ether oxygens (including phenoxy) is 7. The van der Waals surface area contributed by atoms with E-state index in [1.165, 1.54) is 0 Å². The number of methoxy groups -OCH3 is 2. The van der Waals surface area contributed by atoms with Crippen LogP contribution in [0.3, 0.4) is 0 Å². The van der Waals surface area contributed by atoms with Crippen molar-refractivity contribution in [2.24, 2.45) is 11.8 Å². The Balaban J connectivity index is 1.63. The lowest BCUT2D eigenvalue weighted by Gasteiger charge is -2.34. The SMILES string of the molecule is COc1cc2c(c3c1OCO3)[C@H](OC(=O)c1ccccc1)[C@@H](C)[C@@H](C)Cc1cc3c(c(OC)c1-2)OCO3. The van der Waals surface area contributed by atoms with Crippen LogP contribution in [0.25, 0.3) is 11.1 Å². The second-order valence-electron chi connectivity index (χ2n) is 9.52. The summed E-state index contributed by atoms with van der Waals surface area (Å²) in [4.78, 5) is 13.3. The molecule has 192 valence electrons. The Kier molecular flexibility index (Phi) is 5.74. The Morgan fingerprint density at radius 3 is 2.38 bits per heavy atom. The average molecular weight is 505 g/mol. The molecule has 2 heterocycles. The molecule has 2 aliphatic heterocycles. The van der Waals surface area contributed by atoms with E-state index in [1.807, 2.05) is 30.3 Å². The van der Waals surface area contributed by atoms with Gasteiger partial charge in [-0.15, -0.1) is 0 Å². The fourth-order valence-electron chi connectivity index (χ4n) is 5.43. The summed E-state index contributed by atoms with van der Waals surface area (Å²) in [6.07, 6.45) is 0.0846. The van der Waals surface area contributed by atoms with E-state index in [-0.39, 0.29) is 25.4 Å². The quantitative estimate of drug-likeness (QED) is 0.428. The van der Waals surface area contributed by atoms with Crippen molar-refractivity contribution in [3.05, 3.63) is 59.2 Å². The molecule has 0 spiro atoms.